The minimum absolute atomic E-state index is 0.0704. The Morgan fingerprint density at radius 2 is 2.08 bits per heavy atom. The molecule has 1 aromatic carbocycles. The minimum atomic E-state index is 0.0704. The van der Waals surface area contributed by atoms with E-state index in [1.165, 1.54) is 5.69 Å². The molecule has 3 aromatic rings. The number of nitrogens with zero attached hydrogens (tertiary/aromatic N) is 3. The summed E-state index contributed by atoms with van der Waals surface area (Å²) in [6, 6.07) is 10.7. The Morgan fingerprint density at radius 3 is 2.76 bits per heavy atom. The van der Waals surface area contributed by atoms with Crippen molar-refractivity contribution in [3.63, 3.8) is 0 Å². The number of carbonyl (C=O) groups is 1. The molecule has 0 bridgehead atoms. The van der Waals surface area contributed by atoms with Crippen molar-refractivity contribution in [2.45, 2.75) is 39.2 Å². The van der Waals surface area contributed by atoms with E-state index in [-0.39, 0.29) is 11.8 Å². The molecule has 4 rings (SSSR count). The third-order valence-electron chi connectivity index (χ3n) is 4.73. The van der Waals surface area contributed by atoms with E-state index in [0.717, 1.165) is 42.0 Å². The molecule has 0 atom stereocenters. The fourth-order valence-corrected chi connectivity index (χ4v) is 4.09. The van der Waals surface area contributed by atoms with Crippen LogP contribution in [0.15, 0.2) is 41.9 Å². The van der Waals surface area contributed by atoms with Gasteiger partial charge in [-0.3, -0.25) is 9.20 Å². The van der Waals surface area contributed by atoms with Crippen molar-refractivity contribution in [3.8, 4) is 11.3 Å². The fourth-order valence-electron chi connectivity index (χ4n) is 3.18. The summed E-state index contributed by atoms with van der Waals surface area (Å²) < 4.78 is 2.18. The molecule has 2 heterocycles. The number of fused-ring (bicyclic) bond motifs is 1. The quantitative estimate of drug-likeness (QED) is 0.664. The van der Waals surface area contributed by atoms with Crippen molar-refractivity contribution in [1.29, 1.82) is 0 Å². The van der Waals surface area contributed by atoms with Crippen molar-refractivity contribution >= 4 is 22.2 Å². The van der Waals surface area contributed by atoms with E-state index >= 15 is 0 Å². The normalized spacial score (nSPS) is 14.4. The summed E-state index contributed by atoms with van der Waals surface area (Å²) in [5.41, 5.74) is 3.38. The van der Waals surface area contributed by atoms with Crippen LogP contribution in [-0.4, -0.2) is 32.8 Å². The highest BCUT2D eigenvalue weighted by Gasteiger charge is 2.33. The van der Waals surface area contributed by atoms with Gasteiger partial charge >= 0.3 is 0 Å². The molecular weight excluding hydrogens is 330 g/mol. The van der Waals surface area contributed by atoms with Crippen LogP contribution in [-0.2, 0) is 11.2 Å². The summed E-state index contributed by atoms with van der Waals surface area (Å²) in [4.78, 5) is 20.3. The van der Waals surface area contributed by atoms with Crippen molar-refractivity contribution < 1.29 is 4.79 Å². The summed E-state index contributed by atoms with van der Waals surface area (Å²) in [7, 11) is 0. The van der Waals surface area contributed by atoms with Gasteiger partial charge < -0.3 is 4.90 Å². The Labute approximate surface area is 152 Å². The van der Waals surface area contributed by atoms with Crippen LogP contribution in [0.25, 0.3) is 16.2 Å². The monoisotopic (exact) mass is 353 g/mol. The number of hydrogen-bond donors (Lipinski definition) is 0. The van der Waals surface area contributed by atoms with E-state index in [4.69, 9.17) is 4.98 Å². The average Bonchev–Trinajstić information content (AvgIpc) is 3.25. The standard InChI is InChI=1S/C20H23N3OS/c1-14(2)19(24)22(16-8-9-16)11-10-17-13-25-20-21-18(12-23(17)20)15-6-4-3-5-7-15/h3-7,12-14,16H,8-11H2,1-2H3. The van der Waals surface area contributed by atoms with Gasteiger partial charge in [0.25, 0.3) is 0 Å². The number of aromatic nitrogens is 2. The molecule has 1 amide bonds. The van der Waals surface area contributed by atoms with Gasteiger partial charge in [-0.1, -0.05) is 44.2 Å². The lowest BCUT2D eigenvalue weighted by Gasteiger charge is -2.24. The first kappa shape index (κ1) is 16.3. The molecule has 1 fully saturated rings. The molecule has 0 unspecified atom stereocenters. The molecule has 130 valence electrons. The smallest absolute Gasteiger partial charge is 0.225 e. The van der Waals surface area contributed by atoms with Crippen LogP contribution in [0.2, 0.25) is 0 Å². The minimum Gasteiger partial charge on any atom is -0.339 e. The van der Waals surface area contributed by atoms with Crippen LogP contribution in [0.4, 0.5) is 0 Å². The number of thiazole rings is 1. The van der Waals surface area contributed by atoms with Crippen LogP contribution in [0.1, 0.15) is 32.4 Å². The Morgan fingerprint density at radius 1 is 1.32 bits per heavy atom. The SMILES string of the molecule is CC(C)C(=O)N(CCc1csc2nc(-c3ccccc3)cn12)C1CC1. The summed E-state index contributed by atoms with van der Waals surface area (Å²) in [5, 5.41) is 2.17. The van der Waals surface area contributed by atoms with E-state index in [1.54, 1.807) is 11.3 Å². The van der Waals surface area contributed by atoms with Gasteiger partial charge in [-0.25, -0.2) is 4.98 Å². The molecule has 25 heavy (non-hydrogen) atoms. The first-order valence-corrected chi connectivity index (χ1v) is 9.83. The second kappa shape index (κ2) is 6.64. The zero-order valence-electron chi connectivity index (χ0n) is 14.7. The van der Waals surface area contributed by atoms with Crippen LogP contribution in [0.3, 0.4) is 0 Å². The van der Waals surface area contributed by atoms with Crippen molar-refractivity contribution in [2.24, 2.45) is 5.92 Å². The highest BCUT2D eigenvalue weighted by atomic mass is 32.1. The molecule has 0 N–H and O–H groups in total. The highest BCUT2D eigenvalue weighted by Crippen LogP contribution is 2.29. The largest absolute Gasteiger partial charge is 0.339 e. The molecule has 5 heteroatoms. The zero-order valence-corrected chi connectivity index (χ0v) is 15.5. The van der Waals surface area contributed by atoms with E-state index in [2.05, 4.69) is 33.0 Å². The predicted molar refractivity (Wildman–Crippen MR) is 102 cm³/mol. The van der Waals surface area contributed by atoms with Gasteiger partial charge in [0.1, 0.15) is 0 Å². The topological polar surface area (TPSA) is 37.6 Å². The van der Waals surface area contributed by atoms with Crippen LogP contribution < -0.4 is 0 Å². The highest BCUT2D eigenvalue weighted by molar-refractivity contribution is 7.15. The first-order valence-electron chi connectivity index (χ1n) is 8.95. The van der Waals surface area contributed by atoms with Gasteiger partial charge in [0.2, 0.25) is 5.91 Å². The van der Waals surface area contributed by atoms with E-state index < -0.39 is 0 Å². The van der Waals surface area contributed by atoms with Gasteiger partial charge in [-0.05, 0) is 12.8 Å². The van der Waals surface area contributed by atoms with Crippen molar-refractivity contribution in [3.05, 3.63) is 47.6 Å². The number of amides is 1. The second-order valence-corrected chi connectivity index (χ2v) is 7.88. The Balaban J connectivity index is 1.53. The Kier molecular flexibility index (Phi) is 4.34. The number of rotatable bonds is 6. The van der Waals surface area contributed by atoms with Gasteiger partial charge in [-0.15, -0.1) is 11.3 Å². The summed E-state index contributed by atoms with van der Waals surface area (Å²) in [6.45, 7) is 4.78. The number of benzene rings is 1. The third-order valence-corrected chi connectivity index (χ3v) is 5.62. The number of imidazole rings is 1. The van der Waals surface area contributed by atoms with E-state index in [0.29, 0.717) is 6.04 Å². The molecule has 2 aromatic heterocycles. The summed E-state index contributed by atoms with van der Waals surface area (Å²) in [5.74, 6) is 0.352. The predicted octanol–water partition coefficient (Wildman–Crippen LogP) is 4.25. The lowest BCUT2D eigenvalue weighted by atomic mass is 10.1. The van der Waals surface area contributed by atoms with Gasteiger partial charge in [0.05, 0.1) is 5.69 Å². The zero-order chi connectivity index (χ0) is 17.4. The lowest BCUT2D eigenvalue weighted by molar-refractivity contribution is -0.135. The maximum atomic E-state index is 12.4. The number of hydrogen-bond acceptors (Lipinski definition) is 3. The second-order valence-electron chi connectivity index (χ2n) is 7.04. The molecule has 4 nitrogen and oxygen atoms in total. The lowest BCUT2D eigenvalue weighted by Crippen LogP contribution is -2.37. The molecule has 0 radical (unpaired) electrons. The molecule has 0 spiro atoms. The maximum Gasteiger partial charge on any atom is 0.225 e. The van der Waals surface area contributed by atoms with Gasteiger partial charge in [0, 0.05) is 47.8 Å². The molecule has 1 aliphatic carbocycles. The summed E-state index contributed by atoms with van der Waals surface area (Å²) >= 11 is 1.67. The molecular formula is C20H23N3OS. The van der Waals surface area contributed by atoms with Gasteiger partial charge in [-0.2, -0.15) is 0 Å². The van der Waals surface area contributed by atoms with Crippen LogP contribution in [0.5, 0.6) is 0 Å². The number of carbonyl (C=O) groups excluding carboxylic acids is 1. The molecule has 0 saturated heterocycles. The average molecular weight is 353 g/mol. The van der Waals surface area contributed by atoms with Crippen molar-refractivity contribution in [2.75, 3.05) is 6.54 Å². The Hall–Kier alpha value is -2.14. The molecule has 0 aliphatic heterocycles. The molecule has 1 aliphatic rings. The first-order chi connectivity index (χ1) is 12.1. The maximum absolute atomic E-state index is 12.4. The fraction of sp³-hybridized carbons (Fsp3) is 0.400. The van der Waals surface area contributed by atoms with Crippen LogP contribution in [0, 0.1) is 5.92 Å². The molecule has 1 saturated carbocycles. The Bertz CT molecular complexity index is 877. The van der Waals surface area contributed by atoms with Crippen LogP contribution >= 0.6 is 11.3 Å². The van der Waals surface area contributed by atoms with E-state index in [9.17, 15) is 4.79 Å². The summed E-state index contributed by atoms with van der Waals surface area (Å²) in [6.07, 6.45) is 5.29. The van der Waals surface area contributed by atoms with Crippen molar-refractivity contribution in [1.82, 2.24) is 14.3 Å². The van der Waals surface area contributed by atoms with E-state index in [1.807, 2.05) is 32.0 Å². The third kappa shape index (κ3) is 3.33. The van der Waals surface area contributed by atoms with Gasteiger partial charge in [0.15, 0.2) is 4.96 Å².